The van der Waals surface area contributed by atoms with Gasteiger partial charge < -0.3 is 15.4 Å². The van der Waals surface area contributed by atoms with Crippen molar-refractivity contribution < 1.29 is 9.90 Å². The summed E-state index contributed by atoms with van der Waals surface area (Å²) in [5, 5.41) is 10.7. The van der Waals surface area contributed by atoms with Gasteiger partial charge in [0.05, 0.1) is 10.9 Å². The summed E-state index contributed by atoms with van der Waals surface area (Å²) < 4.78 is 1.67. The summed E-state index contributed by atoms with van der Waals surface area (Å²) in [6.07, 6.45) is 1.35. The molecule has 0 fully saturated rings. The van der Waals surface area contributed by atoms with E-state index in [2.05, 4.69) is 9.97 Å². The standard InChI is InChI=1S/C13H12N4O2/c1-7-3-2-4-8-10-12(14)15-6-16-13(10)17(11(7)8)5-9(18)19/h2-4,6H,5H2,1H3,(H,18,19)(H2,14,15,16). The summed E-state index contributed by atoms with van der Waals surface area (Å²) in [6.45, 7) is 1.78. The number of carbonyl (C=O) groups is 1. The van der Waals surface area contributed by atoms with E-state index in [0.717, 1.165) is 16.5 Å². The van der Waals surface area contributed by atoms with Crippen LogP contribution in [-0.2, 0) is 11.3 Å². The Morgan fingerprint density at radius 2 is 2.21 bits per heavy atom. The van der Waals surface area contributed by atoms with Crippen LogP contribution in [0, 0.1) is 6.92 Å². The lowest BCUT2D eigenvalue weighted by Crippen LogP contribution is -2.09. The predicted octanol–water partition coefficient (Wildman–Crippen LogP) is 1.56. The van der Waals surface area contributed by atoms with Crippen LogP contribution in [0.2, 0.25) is 0 Å². The smallest absolute Gasteiger partial charge is 0.323 e. The van der Waals surface area contributed by atoms with Crippen molar-refractivity contribution in [2.24, 2.45) is 0 Å². The van der Waals surface area contributed by atoms with Gasteiger partial charge in [0.1, 0.15) is 24.3 Å². The molecule has 6 heteroatoms. The predicted molar refractivity (Wildman–Crippen MR) is 71.8 cm³/mol. The zero-order valence-electron chi connectivity index (χ0n) is 10.3. The Kier molecular flexibility index (Phi) is 2.38. The van der Waals surface area contributed by atoms with Crippen molar-refractivity contribution in [1.29, 1.82) is 0 Å². The fraction of sp³-hybridized carbons (Fsp3) is 0.154. The molecule has 0 atom stereocenters. The molecule has 0 aliphatic heterocycles. The monoisotopic (exact) mass is 256 g/mol. The maximum atomic E-state index is 11.1. The molecule has 3 rings (SSSR count). The minimum Gasteiger partial charge on any atom is -0.480 e. The molecule has 0 saturated heterocycles. The van der Waals surface area contributed by atoms with Crippen LogP contribution in [0.3, 0.4) is 0 Å². The maximum absolute atomic E-state index is 11.1. The third kappa shape index (κ3) is 1.61. The number of hydrogen-bond acceptors (Lipinski definition) is 4. The molecule has 0 bridgehead atoms. The summed E-state index contributed by atoms with van der Waals surface area (Å²) in [5.74, 6) is -0.552. The van der Waals surface area contributed by atoms with Crippen molar-refractivity contribution >= 4 is 33.7 Å². The first-order valence-corrected chi connectivity index (χ1v) is 5.79. The van der Waals surface area contributed by atoms with Gasteiger partial charge in [-0.3, -0.25) is 4.79 Å². The van der Waals surface area contributed by atoms with Crippen LogP contribution >= 0.6 is 0 Å². The number of rotatable bonds is 2. The van der Waals surface area contributed by atoms with Gasteiger partial charge in [-0.05, 0) is 12.5 Å². The lowest BCUT2D eigenvalue weighted by Gasteiger charge is -2.04. The van der Waals surface area contributed by atoms with E-state index >= 15 is 0 Å². The van der Waals surface area contributed by atoms with E-state index in [1.165, 1.54) is 6.33 Å². The molecule has 6 nitrogen and oxygen atoms in total. The Balaban J connectivity index is 2.55. The molecule has 2 heterocycles. The number of nitrogens with zero attached hydrogens (tertiary/aromatic N) is 3. The molecule has 0 aliphatic rings. The highest BCUT2D eigenvalue weighted by atomic mass is 16.4. The van der Waals surface area contributed by atoms with E-state index in [1.807, 2.05) is 25.1 Å². The van der Waals surface area contributed by atoms with Gasteiger partial charge in [0.2, 0.25) is 0 Å². The molecular weight excluding hydrogens is 244 g/mol. The Morgan fingerprint density at radius 3 is 2.95 bits per heavy atom. The second-order valence-corrected chi connectivity index (χ2v) is 4.41. The van der Waals surface area contributed by atoms with Gasteiger partial charge in [0, 0.05) is 5.39 Å². The largest absolute Gasteiger partial charge is 0.480 e. The van der Waals surface area contributed by atoms with Crippen LogP contribution in [0.1, 0.15) is 5.56 Å². The number of aryl methyl sites for hydroxylation is 1. The van der Waals surface area contributed by atoms with Crippen molar-refractivity contribution in [3.63, 3.8) is 0 Å². The van der Waals surface area contributed by atoms with Crippen molar-refractivity contribution in [3.8, 4) is 0 Å². The highest BCUT2D eigenvalue weighted by Crippen LogP contribution is 2.32. The molecule has 0 aliphatic carbocycles. The summed E-state index contributed by atoms with van der Waals surface area (Å²) >= 11 is 0. The molecule has 3 aromatic rings. The zero-order chi connectivity index (χ0) is 13.6. The minimum atomic E-state index is -0.917. The van der Waals surface area contributed by atoms with Gasteiger partial charge >= 0.3 is 5.97 Å². The number of para-hydroxylation sites is 1. The molecule has 0 spiro atoms. The average Bonchev–Trinajstić information content (AvgIpc) is 2.66. The van der Waals surface area contributed by atoms with Gasteiger partial charge in [-0.2, -0.15) is 0 Å². The molecule has 96 valence electrons. The molecule has 19 heavy (non-hydrogen) atoms. The Labute approximate surface area is 108 Å². The van der Waals surface area contributed by atoms with Crippen LogP contribution in [0.5, 0.6) is 0 Å². The van der Waals surface area contributed by atoms with Gasteiger partial charge in [-0.15, -0.1) is 0 Å². The molecule has 0 amide bonds. The Morgan fingerprint density at radius 1 is 1.42 bits per heavy atom. The van der Waals surface area contributed by atoms with Crippen molar-refractivity contribution in [3.05, 3.63) is 30.1 Å². The van der Waals surface area contributed by atoms with E-state index in [4.69, 9.17) is 10.8 Å². The van der Waals surface area contributed by atoms with Crippen LogP contribution in [-0.4, -0.2) is 25.6 Å². The summed E-state index contributed by atoms with van der Waals surface area (Å²) in [5.41, 5.74) is 8.28. The van der Waals surface area contributed by atoms with Crippen molar-refractivity contribution in [2.75, 3.05) is 5.73 Å². The molecule has 0 radical (unpaired) electrons. The van der Waals surface area contributed by atoms with Crippen molar-refractivity contribution in [2.45, 2.75) is 13.5 Å². The van der Waals surface area contributed by atoms with E-state index in [9.17, 15) is 4.79 Å². The Bertz CT molecular complexity index is 807. The molecule has 0 saturated carbocycles. The van der Waals surface area contributed by atoms with Crippen LogP contribution < -0.4 is 5.73 Å². The third-order valence-electron chi connectivity index (χ3n) is 3.18. The number of aliphatic carboxylic acids is 1. The molecule has 0 unspecified atom stereocenters. The number of nitrogens with two attached hydrogens (primary N) is 1. The van der Waals surface area contributed by atoms with Crippen LogP contribution in [0.25, 0.3) is 21.9 Å². The fourth-order valence-corrected chi connectivity index (χ4v) is 2.47. The fourth-order valence-electron chi connectivity index (χ4n) is 2.47. The topological polar surface area (TPSA) is 94.0 Å². The second kappa shape index (κ2) is 3.94. The summed E-state index contributed by atoms with van der Waals surface area (Å²) in [4.78, 5) is 19.2. The van der Waals surface area contributed by atoms with Gasteiger partial charge in [-0.1, -0.05) is 18.2 Å². The normalized spacial score (nSPS) is 11.2. The minimum absolute atomic E-state index is 0.151. The lowest BCUT2D eigenvalue weighted by molar-refractivity contribution is -0.137. The number of nitrogen functional groups attached to an aromatic ring is 1. The molecule has 1 aromatic carbocycles. The Hall–Kier alpha value is -2.63. The van der Waals surface area contributed by atoms with Crippen molar-refractivity contribution in [1.82, 2.24) is 14.5 Å². The highest BCUT2D eigenvalue weighted by Gasteiger charge is 2.17. The number of fused-ring (bicyclic) bond motifs is 3. The zero-order valence-corrected chi connectivity index (χ0v) is 10.3. The van der Waals surface area contributed by atoms with Crippen LogP contribution in [0.4, 0.5) is 5.82 Å². The number of carboxylic acids is 1. The van der Waals surface area contributed by atoms with Gasteiger partial charge in [0.15, 0.2) is 0 Å². The van der Waals surface area contributed by atoms with E-state index < -0.39 is 5.97 Å². The third-order valence-corrected chi connectivity index (χ3v) is 3.18. The highest BCUT2D eigenvalue weighted by molar-refractivity contribution is 6.12. The first kappa shape index (κ1) is 11.5. The van der Waals surface area contributed by atoms with E-state index in [1.54, 1.807) is 4.57 Å². The van der Waals surface area contributed by atoms with E-state index in [-0.39, 0.29) is 6.54 Å². The quantitative estimate of drug-likeness (QED) is 0.725. The van der Waals surface area contributed by atoms with Gasteiger partial charge in [-0.25, -0.2) is 9.97 Å². The molecule has 3 N–H and O–H groups in total. The maximum Gasteiger partial charge on any atom is 0.323 e. The molecular formula is C13H12N4O2. The first-order valence-electron chi connectivity index (χ1n) is 5.79. The number of carboxylic acid groups (broad SMARTS) is 1. The summed E-state index contributed by atoms with van der Waals surface area (Å²) in [7, 11) is 0. The number of benzene rings is 1. The summed E-state index contributed by atoms with van der Waals surface area (Å²) in [6, 6.07) is 5.75. The van der Waals surface area contributed by atoms with Gasteiger partial charge in [0.25, 0.3) is 0 Å². The SMILES string of the molecule is Cc1cccc2c3c(N)ncnc3n(CC(=O)O)c12. The number of hydrogen-bond donors (Lipinski definition) is 2. The van der Waals surface area contributed by atoms with E-state index in [0.29, 0.717) is 16.9 Å². The lowest BCUT2D eigenvalue weighted by atomic mass is 10.1. The number of anilines is 1. The number of aromatic nitrogens is 3. The second-order valence-electron chi connectivity index (χ2n) is 4.41. The molecule has 2 aromatic heterocycles. The average molecular weight is 256 g/mol. The van der Waals surface area contributed by atoms with Crippen LogP contribution in [0.15, 0.2) is 24.5 Å². The first-order chi connectivity index (χ1) is 9.09.